The van der Waals surface area contributed by atoms with Crippen molar-refractivity contribution in [1.29, 1.82) is 0 Å². The molecule has 0 aromatic rings. The lowest BCUT2D eigenvalue weighted by Crippen LogP contribution is -2.66. The molecule has 0 radical (unpaired) electrons. The zero-order chi connectivity index (χ0) is 18.3. The second-order valence-electron chi connectivity index (χ2n) is 7.18. The summed E-state index contributed by atoms with van der Waals surface area (Å²) in [6.07, 6.45) is 6.95. The summed E-state index contributed by atoms with van der Waals surface area (Å²) in [5.74, 6) is 0.886. The van der Waals surface area contributed by atoms with Crippen molar-refractivity contribution in [2.24, 2.45) is 10.4 Å². The van der Waals surface area contributed by atoms with Crippen LogP contribution in [-0.4, -0.2) is 62.2 Å². The molecule has 0 aromatic carbocycles. The molecule has 0 spiro atoms. The van der Waals surface area contributed by atoms with E-state index in [1.54, 1.807) is 7.05 Å². The van der Waals surface area contributed by atoms with Crippen LogP contribution in [0.5, 0.6) is 0 Å². The van der Waals surface area contributed by atoms with E-state index in [0.717, 1.165) is 57.8 Å². The van der Waals surface area contributed by atoms with Gasteiger partial charge in [-0.1, -0.05) is 13.8 Å². The average Bonchev–Trinajstić information content (AvgIpc) is 2.65. The fourth-order valence-electron chi connectivity index (χ4n) is 4.36. The monoisotopic (exact) mass is 480 g/mol. The molecule has 1 saturated heterocycles. The summed E-state index contributed by atoms with van der Waals surface area (Å²) in [4.78, 5) is 18.6. The summed E-state index contributed by atoms with van der Waals surface area (Å²) in [5.41, 5.74) is 0.157. The van der Waals surface area contributed by atoms with Crippen LogP contribution in [0.15, 0.2) is 4.99 Å². The van der Waals surface area contributed by atoms with Crippen LogP contribution in [0.2, 0.25) is 0 Å². The quantitative estimate of drug-likeness (QED) is 0.334. The summed E-state index contributed by atoms with van der Waals surface area (Å²) in [6, 6.07) is 0.343. The van der Waals surface area contributed by atoms with E-state index in [0.29, 0.717) is 18.7 Å². The Morgan fingerprint density at radius 1 is 1.19 bits per heavy atom. The summed E-state index contributed by atoms with van der Waals surface area (Å²) in [5, 5.41) is 6.74. The molecule has 1 heterocycles. The number of piperidine rings is 1. The van der Waals surface area contributed by atoms with Crippen molar-refractivity contribution in [3.63, 3.8) is 0 Å². The zero-order valence-corrected chi connectivity index (χ0v) is 19.2. The Morgan fingerprint density at radius 3 is 2.38 bits per heavy atom. The SMILES string of the molecule is CCOC1CC(NC(=NC)NCC(=O)N2CCCCC2)C1(CC)CC.I. The second kappa shape index (κ2) is 11.3. The number of nitrogens with zero attached hydrogens (tertiary/aromatic N) is 2. The molecule has 1 aliphatic heterocycles. The number of likely N-dealkylation sites (tertiary alicyclic amines) is 1. The van der Waals surface area contributed by atoms with Crippen molar-refractivity contribution in [2.75, 3.05) is 33.3 Å². The molecule has 6 nitrogen and oxygen atoms in total. The van der Waals surface area contributed by atoms with Gasteiger partial charge in [-0.15, -0.1) is 24.0 Å². The maximum atomic E-state index is 12.3. The Balaban J connectivity index is 0.00000338. The second-order valence-corrected chi connectivity index (χ2v) is 7.18. The van der Waals surface area contributed by atoms with Crippen LogP contribution in [0.3, 0.4) is 0 Å². The van der Waals surface area contributed by atoms with Gasteiger partial charge in [0, 0.05) is 38.2 Å². The highest BCUT2D eigenvalue weighted by Gasteiger charge is 2.53. The van der Waals surface area contributed by atoms with Crippen molar-refractivity contribution in [2.45, 2.75) is 71.4 Å². The normalized spacial score (nSPS) is 25.1. The topological polar surface area (TPSA) is 66.0 Å². The highest BCUT2D eigenvalue weighted by molar-refractivity contribution is 14.0. The van der Waals surface area contributed by atoms with Crippen molar-refractivity contribution in [3.8, 4) is 0 Å². The molecule has 0 aromatic heterocycles. The predicted octanol–water partition coefficient (Wildman–Crippen LogP) is 2.77. The Morgan fingerprint density at radius 2 is 1.85 bits per heavy atom. The molecule has 2 atom stereocenters. The summed E-state index contributed by atoms with van der Waals surface area (Å²) in [7, 11) is 1.76. The number of rotatable bonds is 7. The highest BCUT2D eigenvalue weighted by atomic mass is 127. The minimum absolute atomic E-state index is 0. The van der Waals surface area contributed by atoms with E-state index >= 15 is 0 Å². The minimum Gasteiger partial charge on any atom is -0.378 e. The predicted molar refractivity (Wildman–Crippen MR) is 117 cm³/mol. The van der Waals surface area contributed by atoms with Gasteiger partial charge in [-0.2, -0.15) is 0 Å². The maximum absolute atomic E-state index is 12.3. The fraction of sp³-hybridized carbons (Fsp3) is 0.895. The van der Waals surface area contributed by atoms with Gasteiger partial charge in [0.05, 0.1) is 12.6 Å². The molecule has 1 amide bonds. The van der Waals surface area contributed by atoms with Crippen LogP contribution in [0, 0.1) is 5.41 Å². The van der Waals surface area contributed by atoms with E-state index < -0.39 is 0 Å². The molecular formula is C19H37IN4O2. The number of ether oxygens (including phenoxy) is 1. The van der Waals surface area contributed by atoms with E-state index in [2.05, 4.69) is 36.4 Å². The molecule has 26 heavy (non-hydrogen) atoms. The molecular weight excluding hydrogens is 443 g/mol. The van der Waals surface area contributed by atoms with Gasteiger partial charge in [-0.3, -0.25) is 9.79 Å². The number of carbonyl (C=O) groups excluding carboxylic acids is 1. The summed E-state index contributed by atoms with van der Waals surface area (Å²) in [6.45, 7) is 9.38. The first kappa shape index (κ1) is 23.5. The van der Waals surface area contributed by atoms with Gasteiger partial charge in [-0.25, -0.2) is 0 Å². The molecule has 2 fully saturated rings. The molecule has 1 aliphatic carbocycles. The average molecular weight is 480 g/mol. The van der Waals surface area contributed by atoms with E-state index in [1.807, 2.05) is 4.90 Å². The first-order valence-corrected chi connectivity index (χ1v) is 9.97. The van der Waals surface area contributed by atoms with Gasteiger partial charge in [0.25, 0.3) is 0 Å². The molecule has 2 rings (SSSR count). The van der Waals surface area contributed by atoms with E-state index in [-0.39, 0.29) is 35.3 Å². The largest absolute Gasteiger partial charge is 0.378 e. The van der Waals surface area contributed by atoms with Gasteiger partial charge < -0.3 is 20.3 Å². The van der Waals surface area contributed by atoms with Gasteiger partial charge in [-0.05, 0) is 45.4 Å². The van der Waals surface area contributed by atoms with Crippen LogP contribution in [-0.2, 0) is 9.53 Å². The molecule has 7 heteroatoms. The Hall–Kier alpha value is -0.570. The zero-order valence-electron chi connectivity index (χ0n) is 16.8. The van der Waals surface area contributed by atoms with E-state index in [9.17, 15) is 4.79 Å². The Kier molecular flexibility index (Phi) is 10.2. The number of hydrogen-bond donors (Lipinski definition) is 2. The smallest absolute Gasteiger partial charge is 0.241 e. The standard InChI is InChI=1S/C19H36N4O2.HI/c1-5-19(6-2)15(13-16(19)25-7-3)22-18(20-4)21-14-17(24)23-11-9-8-10-12-23;/h15-16H,5-14H2,1-4H3,(H2,20,21,22);1H. The number of amides is 1. The van der Waals surface area contributed by atoms with Crippen LogP contribution < -0.4 is 10.6 Å². The van der Waals surface area contributed by atoms with E-state index in [1.165, 1.54) is 6.42 Å². The van der Waals surface area contributed by atoms with Gasteiger partial charge in [0.1, 0.15) is 0 Å². The number of hydrogen-bond acceptors (Lipinski definition) is 3. The fourth-order valence-corrected chi connectivity index (χ4v) is 4.36. The third-order valence-corrected chi connectivity index (χ3v) is 6.12. The highest BCUT2D eigenvalue weighted by Crippen LogP contribution is 2.48. The van der Waals surface area contributed by atoms with Crippen molar-refractivity contribution < 1.29 is 9.53 Å². The van der Waals surface area contributed by atoms with Crippen LogP contribution in [0.1, 0.15) is 59.3 Å². The van der Waals surface area contributed by atoms with E-state index in [4.69, 9.17) is 4.74 Å². The first-order chi connectivity index (χ1) is 12.1. The number of guanidine groups is 1. The number of aliphatic imine (C=N–C) groups is 1. The van der Waals surface area contributed by atoms with Crippen molar-refractivity contribution >= 4 is 35.8 Å². The lowest BCUT2D eigenvalue weighted by molar-refractivity contribution is -0.133. The lowest BCUT2D eigenvalue weighted by Gasteiger charge is -2.55. The van der Waals surface area contributed by atoms with Gasteiger partial charge >= 0.3 is 0 Å². The summed E-state index contributed by atoms with van der Waals surface area (Å²) < 4.78 is 5.94. The number of carbonyl (C=O) groups is 1. The molecule has 152 valence electrons. The molecule has 2 unspecified atom stereocenters. The van der Waals surface area contributed by atoms with Crippen LogP contribution >= 0.6 is 24.0 Å². The molecule has 2 N–H and O–H groups in total. The molecule has 2 aliphatic rings. The lowest BCUT2D eigenvalue weighted by atomic mass is 9.58. The molecule has 0 bridgehead atoms. The van der Waals surface area contributed by atoms with Crippen LogP contribution in [0.25, 0.3) is 0 Å². The van der Waals surface area contributed by atoms with Crippen LogP contribution in [0.4, 0.5) is 0 Å². The molecule has 1 saturated carbocycles. The van der Waals surface area contributed by atoms with Crippen molar-refractivity contribution in [1.82, 2.24) is 15.5 Å². The first-order valence-electron chi connectivity index (χ1n) is 9.97. The minimum atomic E-state index is 0. The Bertz CT molecular complexity index is 462. The van der Waals surface area contributed by atoms with Crippen molar-refractivity contribution in [3.05, 3.63) is 0 Å². The van der Waals surface area contributed by atoms with Gasteiger partial charge in [0.2, 0.25) is 5.91 Å². The summed E-state index contributed by atoms with van der Waals surface area (Å²) >= 11 is 0. The Labute approximate surface area is 175 Å². The third-order valence-electron chi connectivity index (χ3n) is 6.12. The number of halogens is 1. The third kappa shape index (κ3) is 5.24. The number of nitrogens with one attached hydrogen (secondary N) is 2. The van der Waals surface area contributed by atoms with Gasteiger partial charge in [0.15, 0.2) is 5.96 Å². The maximum Gasteiger partial charge on any atom is 0.241 e.